The highest BCUT2D eigenvalue weighted by molar-refractivity contribution is 6.31. The van der Waals surface area contributed by atoms with Crippen LogP contribution in [0.4, 0.5) is 27.4 Å². The maximum absolute atomic E-state index is 13.9. The van der Waals surface area contributed by atoms with Crippen LogP contribution in [0.15, 0.2) is 37.1 Å². The minimum Gasteiger partial charge on any atom is -0.468 e. The first-order chi connectivity index (χ1) is 17.4. The molecule has 2 aromatic rings. The molecule has 12 heteroatoms. The van der Waals surface area contributed by atoms with Crippen molar-refractivity contribution in [3.8, 4) is 5.88 Å². The highest BCUT2D eigenvalue weighted by Crippen LogP contribution is 2.34. The van der Waals surface area contributed by atoms with Gasteiger partial charge in [0.1, 0.15) is 17.2 Å². The van der Waals surface area contributed by atoms with Gasteiger partial charge in [0.2, 0.25) is 17.7 Å². The number of benzene rings is 1. The zero-order valence-corrected chi connectivity index (χ0v) is 20.6. The molecule has 0 aliphatic carbocycles. The fraction of sp³-hybridized carbons (Fsp3) is 0.458. The van der Waals surface area contributed by atoms with Crippen LogP contribution in [0.1, 0.15) is 0 Å². The number of nitrogens with zero attached hydrogens (tertiary/aromatic N) is 4. The van der Waals surface area contributed by atoms with Crippen LogP contribution < -0.4 is 20.3 Å². The normalized spacial score (nSPS) is 25.9. The number of nitrogens with one attached hydrogen (secondary N) is 2. The summed E-state index contributed by atoms with van der Waals surface area (Å²) in [6, 6.07) is 5.65. The zero-order chi connectivity index (χ0) is 25.2. The van der Waals surface area contributed by atoms with Gasteiger partial charge in [0.15, 0.2) is 12.3 Å². The molecule has 5 rings (SSSR count). The molecule has 0 spiro atoms. The number of ether oxygens (including phenoxy) is 3. The summed E-state index contributed by atoms with van der Waals surface area (Å²) in [7, 11) is 2.09. The van der Waals surface area contributed by atoms with Crippen LogP contribution in [0.5, 0.6) is 5.88 Å². The molecule has 3 fully saturated rings. The average molecular weight is 519 g/mol. The van der Waals surface area contributed by atoms with Crippen molar-refractivity contribution in [1.29, 1.82) is 0 Å². The van der Waals surface area contributed by atoms with Crippen molar-refractivity contribution in [2.45, 2.75) is 24.5 Å². The minimum absolute atomic E-state index is 0.0195. The lowest BCUT2D eigenvalue weighted by Crippen LogP contribution is -2.44. The van der Waals surface area contributed by atoms with Gasteiger partial charge in [0.05, 0.1) is 30.8 Å². The second kappa shape index (κ2) is 10.6. The Balaban J connectivity index is 1.33. The number of fused-ring (bicyclic) bond motifs is 1. The van der Waals surface area contributed by atoms with E-state index in [1.54, 1.807) is 0 Å². The molecular formula is C24H28ClFN6O4. The SMILES string of the molecule is C=CC(=O)Nc1cc(Nc2ncc(Cl)c(O[C@H]3CO[C@@H]4[C@H]3OC[C@@H]4F)n2)ccc1N1CCN(C)CC1. The Bertz CT molecular complexity index is 1130. The number of hydrogen-bond acceptors (Lipinski definition) is 9. The van der Waals surface area contributed by atoms with Crippen molar-refractivity contribution < 1.29 is 23.4 Å². The van der Waals surface area contributed by atoms with E-state index in [1.165, 1.54) is 12.3 Å². The van der Waals surface area contributed by atoms with Gasteiger partial charge in [0, 0.05) is 31.9 Å². The molecule has 1 aromatic carbocycles. The number of halogens is 2. The second-order valence-corrected chi connectivity index (χ2v) is 9.36. The summed E-state index contributed by atoms with van der Waals surface area (Å²) in [5.74, 6) is 0.0835. The molecule has 1 amide bonds. The summed E-state index contributed by atoms with van der Waals surface area (Å²) >= 11 is 6.27. The zero-order valence-electron chi connectivity index (χ0n) is 19.8. The third-order valence-corrected chi connectivity index (χ3v) is 6.72. The number of rotatable bonds is 7. The van der Waals surface area contributed by atoms with E-state index in [0.29, 0.717) is 11.4 Å². The Kier molecular flexibility index (Phi) is 7.24. The molecule has 36 heavy (non-hydrogen) atoms. The van der Waals surface area contributed by atoms with Crippen LogP contribution in [0.2, 0.25) is 5.02 Å². The number of likely N-dealkylation sites (N-methyl/N-ethyl adjacent to an activating group) is 1. The summed E-state index contributed by atoms with van der Waals surface area (Å²) < 4.78 is 30.8. The van der Waals surface area contributed by atoms with Gasteiger partial charge in [-0.3, -0.25) is 4.79 Å². The van der Waals surface area contributed by atoms with Gasteiger partial charge in [-0.2, -0.15) is 4.98 Å². The summed E-state index contributed by atoms with van der Waals surface area (Å²) in [6.45, 7) is 7.27. The van der Waals surface area contributed by atoms with E-state index in [4.69, 9.17) is 25.8 Å². The molecule has 1 aromatic heterocycles. The molecule has 0 unspecified atom stereocenters. The molecule has 192 valence electrons. The lowest BCUT2D eigenvalue weighted by atomic mass is 10.1. The molecule has 2 N–H and O–H groups in total. The van der Waals surface area contributed by atoms with Crippen molar-refractivity contribution in [2.75, 3.05) is 62.0 Å². The third-order valence-electron chi connectivity index (χ3n) is 6.46. The molecule has 10 nitrogen and oxygen atoms in total. The smallest absolute Gasteiger partial charge is 0.247 e. The molecule has 0 bridgehead atoms. The van der Waals surface area contributed by atoms with Crippen molar-refractivity contribution in [3.05, 3.63) is 42.1 Å². The van der Waals surface area contributed by atoms with Crippen molar-refractivity contribution in [3.63, 3.8) is 0 Å². The average Bonchev–Trinajstić information content (AvgIpc) is 3.45. The Hall–Kier alpha value is -2.99. The lowest BCUT2D eigenvalue weighted by molar-refractivity contribution is -0.111. The van der Waals surface area contributed by atoms with Crippen molar-refractivity contribution in [2.24, 2.45) is 0 Å². The summed E-state index contributed by atoms with van der Waals surface area (Å²) in [5.41, 5.74) is 2.22. The van der Waals surface area contributed by atoms with E-state index in [0.717, 1.165) is 31.9 Å². The van der Waals surface area contributed by atoms with E-state index in [2.05, 4.69) is 44.0 Å². The highest BCUT2D eigenvalue weighted by atomic mass is 35.5. The van der Waals surface area contributed by atoms with E-state index in [-0.39, 0.29) is 36.0 Å². The van der Waals surface area contributed by atoms with Crippen LogP contribution in [0.25, 0.3) is 0 Å². The number of aromatic nitrogens is 2. The number of carbonyl (C=O) groups is 1. The first-order valence-corrected chi connectivity index (χ1v) is 12.1. The fourth-order valence-electron chi connectivity index (χ4n) is 4.51. The number of piperazine rings is 1. The fourth-order valence-corrected chi connectivity index (χ4v) is 4.64. The highest BCUT2D eigenvalue weighted by Gasteiger charge is 2.49. The van der Waals surface area contributed by atoms with Gasteiger partial charge in [0.25, 0.3) is 0 Å². The quantitative estimate of drug-likeness (QED) is 0.536. The Morgan fingerprint density at radius 1 is 1.25 bits per heavy atom. The summed E-state index contributed by atoms with van der Waals surface area (Å²) in [5, 5.41) is 6.23. The van der Waals surface area contributed by atoms with Crippen LogP contribution in [-0.2, 0) is 14.3 Å². The summed E-state index contributed by atoms with van der Waals surface area (Å²) in [4.78, 5) is 25.2. The van der Waals surface area contributed by atoms with Gasteiger partial charge < -0.3 is 34.6 Å². The molecule has 3 aliphatic heterocycles. The van der Waals surface area contributed by atoms with Gasteiger partial charge in [-0.1, -0.05) is 18.2 Å². The second-order valence-electron chi connectivity index (χ2n) is 8.96. The van der Waals surface area contributed by atoms with E-state index < -0.39 is 24.5 Å². The number of hydrogen-bond donors (Lipinski definition) is 2. The molecule has 3 aliphatic rings. The van der Waals surface area contributed by atoms with Crippen LogP contribution >= 0.6 is 11.6 Å². The van der Waals surface area contributed by atoms with Gasteiger partial charge in [-0.05, 0) is 31.3 Å². The van der Waals surface area contributed by atoms with E-state index >= 15 is 0 Å². The number of carbonyl (C=O) groups excluding carboxylic acids is 1. The maximum Gasteiger partial charge on any atom is 0.247 e. The summed E-state index contributed by atoms with van der Waals surface area (Å²) in [6.07, 6.45) is -0.204. The molecule has 0 saturated carbocycles. The van der Waals surface area contributed by atoms with Crippen LogP contribution in [0, 0.1) is 0 Å². The van der Waals surface area contributed by atoms with Gasteiger partial charge in [-0.15, -0.1) is 0 Å². The minimum atomic E-state index is -1.17. The standard InChI is InChI=1S/C24H28ClFN6O4/c1-3-20(33)29-17-10-14(4-5-18(17)32-8-6-31(2)7-9-32)28-24-27-11-15(25)23(30-24)36-19-13-35-21-16(26)12-34-22(19)21/h3-5,10-11,16,19,21-22H,1,6-9,12-13H2,2H3,(H,29,33)(H,27,28,30)/t16-,19-,21-,22-/m0/s1. The van der Waals surface area contributed by atoms with E-state index in [1.807, 2.05) is 18.2 Å². The molecule has 4 heterocycles. The van der Waals surface area contributed by atoms with Crippen LogP contribution in [0.3, 0.4) is 0 Å². The molecule has 0 radical (unpaired) electrons. The third kappa shape index (κ3) is 5.24. The first-order valence-electron chi connectivity index (χ1n) is 11.8. The number of amides is 1. The Labute approximate surface area is 213 Å². The molecule has 3 saturated heterocycles. The predicted octanol–water partition coefficient (Wildman–Crippen LogP) is 2.63. The van der Waals surface area contributed by atoms with Gasteiger partial charge in [-0.25, -0.2) is 9.37 Å². The topological polar surface area (TPSA) is 101 Å². The first kappa shape index (κ1) is 24.7. The molecule has 4 atom stereocenters. The molecular weight excluding hydrogens is 491 g/mol. The largest absolute Gasteiger partial charge is 0.468 e. The predicted molar refractivity (Wildman–Crippen MR) is 134 cm³/mol. The number of anilines is 4. The van der Waals surface area contributed by atoms with Crippen molar-refractivity contribution >= 4 is 40.5 Å². The maximum atomic E-state index is 13.9. The van der Waals surface area contributed by atoms with E-state index in [9.17, 15) is 9.18 Å². The lowest BCUT2D eigenvalue weighted by Gasteiger charge is -2.35. The monoisotopic (exact) mass is 518 g/mol. The van der Waals surface area contributed by atoms with Crippen molar-refractivity contribution in [1.82, 2.24) is 14.9 Å². The Morgan fingerprint density at radius 2 is 2.03 bits per heavy atom. The number of alkyl halides is 1. The van der Waals surface area contributed by atoms with Gasteiger partial charge >= 0.3 is 0 Å². The van der Waals surface area contributed by atoms with Crippen LogP contribution in [-0.4, -0.2) is 91.7 Å². The Morgan fingerprint density at radius 3 is 2.81 bits per heavy atom.